The molecule has 0 atom stereocenters. The highest BCUT2D eigenvalue weighted by atomic mass is 35.5. The second-order valence-electron chi connectivity index (χ2n) is 4.77. The lowest BCUT2D eigenvalue weighted by atomic mass is 10.2. The van der Waals surface area contributed by atoms with E-state index in [9.17, 15) is 18.0 Å². The van der Waals surface area contributed by atoms with Gasteiger partial charge in [-0.3, -0.25) is 9.79 Å². The Kier molecular flexibility index (Phi) is 7.15. The Morgan fingerprint density at radius 3 is 2.39 bits per heavy atom. The molecular weight excluding hydrogens is 333 g/mol. The number of benzene rings is 1. The van der Waals surface area contributed by atoms with Gasteiger partial charge in [0.15, 0.2) is 5.96 Å². The lowest BCUT2D eigenvalue weighted by Crippen LogP contribution is -2.45. The van der Waals surface area contributed by atoms with Crippen LogP contribution in [0.4, 0.5) is 13.2 Å². The van der Waals surface area contributed by atoms with E-state index in [1.54, 1.807) is 12.1 Å². The van der Waals surface area contributed by atoms with E-state index in [0.717, 1.165) is 12.6 Å². The number of rotatable bonds is 5. The molecule has 0 unspecified atom stereocenters. The summed E-state index contributed by atoms with van der Waals surface area (Å²) in [7, 11) is 2.60. The van der Waals surface area contributed by atoms with Crippen LogP contribution in [-0.4, -0.2) is 50.1 Å². The molecule has 0 radical (unpaired) electrons. The first-order valence-electron chi connectivity index (χ1n) is 6.71. The van der Waals surface area contributed by atoms with Crippen molar-refractivity contribution in [1.29, 1.82) is 0 Å². The number of amides is 1. The van der Waals surface area contributed by atoms with Crippen LogP contribution < -0.4 is 10.6 Å². The smallest absolute Gasteiger partial charge is 0.352 e. The van der Waals surface area contributed by atoms with Gasteiger partial charge in [-0.2, -0.15) is 13.2 Å². The molecule has 1 aromatic rings. The van der Waals surface area contributed by atoms with E-state index in [1.165, 1.54) is 7.05 Å². The molecule has 0 aliphatic heterocycles. The van der Waals surface area contributed by atoms with Crippen molar-refractivity contribution >= 4 is 23.5 Å². The van der Waals surface area contributed by atoms with Crippen molar-refractivity contribution in [2.24, 2.45) is 4.99 Å². The van der Waals surface area contributed by atoms with Crippen LogP contribution in [0.3, 0.4) is 0 Å². The summed E-state index contributed by atoms with van der Waals surface area (Å²) in [5.74, 6) is -0.370. The molecule has 1 aromatic carbocycles. The molecule has 0 saturated heterocycles. The molecule has 0 aliphatic rings. The van der Waals surface area contributed by atoms with Crippen LogP contribution in [0.1, 0.15) is 5.56 Å². The van der Waals surface area contributed by atoms with Crippen LogP contribution in [0.5, 0.6) is 0 Å². The van der Waals surface area contributed by atoms with E-state index in [-0.39, 0.29) is 6.54 Å². The average Bonchev–Trinajstić information content (AvgIpc) is 2.47. The molecule has 0 fully saturated rings. The number of hydrogen-bond acceptors (Lipinski definition) is 2. The lowest BCUT2D eigenvalue weighted by Gasteiger charge is -2.20. The normalized spacial score (nSPS) is 12.0. The fourth-order valence-corrected chi connectivity index (χ4v) is 1.79. The fraction of sp³-hybridized carbons (Fsp3) is 0.429. The number of hydrogen-bond donors (Lipinski definition) is 2. The number of aliphatic imine (C=N–C) groups is 1. The highest BCUT2D eigenvalue weighted by Gasteiger charge is 2.31. The Balaban J connectivity index is 2.42. The zero-order valence-electron chi connectivity index (χ0n) is 12.7. The zero-order valence-corrected chi connectivity index (χ0v) is 13.5. The molecule has 128 valence electrons. The molecule has 0 saturated carbocycles. The molecule has 1 rings (SSSR count). The average molecular weight is 351 g/mol. The van der Waals surface area contributed by atoms with Gasteiger partial charge in [-0.25, -0.2) is 0 Å². The van der Waals surface area contributed by atoms with Gasteiger partial charge in [0.05, 0.1) is 6.54 Å². The topological polar surface area (TPSA) is 56.7 Å². The standard InChI is InChI=1S/C14H18ClF3N4O/c1-19-13(20-7-10-3-5-11(15)6-4-10)21-8-12(23)22(2)9-14(16,17)18/h3-6H,7-9H2,1-2H3,(H2,19,20,21). The van der Waals surface area contributed by atoms with Crippen molar-refractivity contribution in [2.75, 3.05) is 27.2 Å². The lowest BCUT2D eigenvalue weighted by molar-refractivity contribution is -0.157. The van der Waals surface area contributed by atoms with Crippen molar-refractivity contribution in [3.63, 3.8) is 0 Å². The highest BCUT2D eigenvalue weighted by Crippen LogP contribution is 2.15. The zero-order chi connectivity index (χ0) is 17.5. The van der Waals surface area contributed by atoms with Gasteiger partial charge in [-0.1, -0.05) is 23.7 Å². The van der Waals surface area contributed by atoms with Crippen molar-refractivity contribution < 1.29 is 18.0 Å². The number of nitrogens with zero attached hydrogens (tertiary/aromatic N) is 2. The summed E-state index contributed by atoms with van der Waals surface area (Å²) in [6.45, 7) is -1.14. The van der Waals surface area contributed by atoms with Crippen LogP contribution >= 0.6 is 11.6 Å². The van der Waals surface area contributed by atoms with Gasteiger partial charge in [0.25, 0.3) is 0 Å². The minimum Gasteiger partial charge on any atom is -0.352 e. The van der Waals surface area contributed by atoms with Gasteiger partial charge < -0.3 is 15.5 Å². The third kappa shape index (κ3) is 7.73. The van der Waals surface area contributed by atoms with Crippen molar-refractivity contribution in [3.05, 3.63) is 34.9 Å². The molecule has 0 aromatic heterocycles. The number of guanidine groups is 1. The quantitative estimate of drug-likeness (QED) is 0.631. The summed E-state index contributed by atoms with van der Waals surface area (Å²) in [4.78, 5) is 16.1. The van der Waals surface area contributed by atoms with Gasteiger partial charge in [0.2, 0.25) is 5.91 Å². The highest BCUT2D eigenvalue weighted by molar-refractivity contribution is 6.30. The molecule has 0 bridgehead atoms. The van der Waals surface area contributed by atoms with E-state index in [4.69, 9.17) is 11.6 Å². The maximum absolute atomic E-state index is 12.2. The number of nitrogens with one attached hydrogen (secondary N) is 2. The molecule has 0 spiro atoms. The van der Waals surface area contributed by atoms with E-state index < -0.39 is 18.6 Å². The van der Waals surface area contributed by atoms with Crippen LogP contribution in [0.15, 0.2) is 29.3 Å². The van der Waals surface area contributed by atoms with E-state index in [1.807, 2.05) is 12.1 Å². The molecular formula is C14H18ClF3N4O. The summed E-state index contributed by atoms with van der Waals surface area (Å²) in [6.07, 6.45) is -4.42. The molecule has 23 heavy (non-hydrogen) atoms. The van der Waals surface area contributed by atoms with Crippen LogP contribution in [0.25, 0.3) is 0 Å². The Bertz CT molecular complexity index is 546. The number of carbonyl (C=O) groups is 1. The monoisotopic (exact) mass is 350 g/mol. The molecule has 2 N–H and O–H groups in total. The number of halogens is 4. The van der Waals surface area contributed by atoms with Gasteiger partial charge >= 0.3 is 6.18 Å². The summed E-state index contributed by atoms with van der Waals surface area (Å²) >= 11 is 5.78. The van der Waals surface area contributed by atoms with E-state index in [0.29, 0.717) is 22.4 Å². The Morgan fingerprint density at radius 2 is 1.87 bits per heavy atom. The maximum Gasteiger partial charge on any atom is 0.406 e. The fourth-order valence-electron chi connectivity index (χ4n) is 1.66. The molecule has 0 heterocycles. The largest absolute Gasteiger partial charge is 0.406 e. The van der Waals surface area contributed by atoms with Crippen molar-refractivity contribution in [3.8, 4) is 0 Å². The minimum absolute atomic E-state index is 0.285. The molecule has 0 aliphatic carbocycles. The predicted molar refractivity (Wildman–Crippen MR) is 83.3 cm³/mol. The first-order valence-corrected chi connectivity index (χ1v) is 7.09. The third-order valence-corrected chi connectivity index (χ3v) is 3.10. The Hall–Kier alpha value is -1.96. The number of alkyl halides is 3. The van der Waals surface area contributed by atoms with Gasteiger partial charge in [0.1, 0.15) is 6.54 Å². The maximum atomic E-state index is 12.2. The summed E-state index contributed by atoms with van der Waals surface area (Å²) in [5.41, 5.74) is 0.942. The first-order chi connectivity index (χ1) is 10.7. The molecule has 5 nitrogen and oxygen atoms in total. The van der Waals surface area contributed by atoms with Gasteiger partial charge in [0, 0.05) is 25.7 Å². The third-order valence-electron chi connectivity index (χ3n) is 2.85. The van der Waals surface area contributed by atoms with Crippen molar-refractivity contribution in [1.82, 2.24) is 15.5 Å². The first kappa shape index (κ1) is 19.1. The molecule has 1 amide bonds. The second-order valence-corrected chi connectivity index (χ2v) is 5.21. The van der Waals surface area contributed by atoms with Crippen molar-refractivity contribution in [2.45, 2.75) is 12.7 Å². The SMILES string of the molecule is CN=C(NCC(=O)N(C)CC(F)(F)F)NCc1ccc(Cl)cc1. The van der Waals surface area contributed by atoms with Gasteiger partial charge in [-0.15, -0.1) is 0 Å². The number of likely N-dealkylation sites (N-methyl/N-ethyl adjacent to an activating group) is 1. The Morgan fingerprint density at radius 1 is 1.26 bits per heavy atom. The van der Waals surface area contributed by atoms with Gasteiger partial charge in [-0.05, 0) is 17.7 Å². The summed E-state index contributed by atoms with van der Waals surface area (Å²) in [6, 6.07) is 7.13. The van der Waals surface area contributed by atoms with Crippen LogP contribution in [-0.2, 0) is 11.3 Å². The minimum atomic E-state index is -4.42. The van der Waals surface area contributed by atoms with E-state index >= 15 is 0 Å². The number of carbonyl (C=O) groups excluding carboxylic acids is 1. The summed E-state index contributed by atoms with van der Waals surface area (Å²) in [5, 5.41) is 6.24. The van der Waals surface area contributed by atoms with Crippen LogP contribution in [0, 0.1) is 0 Å². The van der Waals surface area contributed by atoms with Crippen LogP contribution in [0.2, 0.25) is 5.02 Å². The predicted octanol–water partition coefficient (Wildman–Crippen LogP) is 2.03. The molecule has 9 heteroatoms. The second kappa shape index (κ2) is 8.61. The Labute approximate surface area is 137 Å². The summed E-state index contributed by atoms with van der Waals surface area (Å²) < 4.78 is 36.6. The van der Waals surface area contributed by atoms with E-state index in [2.05, 4.69) is 15.6 Å².